The second kappa shape index (κ2) is 10.5. The minimum Gasteiger partial charge on any atom is -0.369 e. The fraction of sp³-hybridized carbons (Fsp3) is 0.385. The molecule has 1 saturated heterocycles. The molecule has 1 aliphatic rings. The van der Waals surface area contributed by atoms with Crippen molar-refractivity contribution in [1.82, 2.24) is 19.9 Å². The SMILES string of the molecule is Cc1cnc(Nc2ccc(C3CCN(C)CC3)nc2)nc1CCc1ccccc1CC(N)=O. The molecule has 33 heavy (non-hydrogen) atoms. The summed E-state index contributed by atoms with van der Waals surface area (Å²) in [5.74, 6) is 0.785. The maximum Gasteiger partial charge on any atom is 0.227 e. The maximum absolute atomic E-state index is 11.4. The fourth-order valence-electron chi connectivity index (χ4n) is 4.36. The van der Waals surface area contributed by atoms with E-state index in [1.165, 1.54) is 0 Å². The Morgan fingerprint density at radius 3 is 2.52 bits per heavy atom. The first kappa shape index (κ1) is 22.9. The topological polar surface area (TPSA) is 97.0 Å². The molecule has 0 spiro atoms. The van der Waals surface area contributed by atoms with E-state index in [1.807, 2.05) is 43.6 Å². The van der Waals surface area contributed by atoms with Gasteiger partial charge in [0.25, 0.3) is 0 Å². The van der Waals surface area contributed by atoms with E-state index in [9.17, 15) is 4.79 Å². The van der Waals surface area contributed by atoms with Crippen LogP contribution in [-0.2, 0) is 24.1 Å². The molecule has 3 aromatic rings. The number of pyridine rings is 1. The molecule has 0 atom stereocenters. The van der Waals surface area contributed by atoms with Gasteiger partial charge in [-0.25, -0.2) is 9.97 Å². The van der Waals surface area contributed by atoms with Crippen LogP contribution in [0.5, 0.6) is 0 Å². The third-order valence-electron chi connectivity index (χ3n) is 6.37. The molecule has 172 valence electrons. The number of anilines is 2. The molecular formula is C26H32N6O. The fourth-order valence-corrected chi connectivity index (χ4v) is 4.36. The van der Waals surface area contributed by atoms with E-state index >= 15 is 0 Å². The van der Waals surface area contributed by atoms with Gasteiger partial charge in [0, 0.05) is 23.5 Å². The van der Waals surface area contributed by atoms with Crippen LogP contribution in [0.15, 0.2) is 48.8 Å². The van der Waals surface area contributed by atoms with E-state index < -0.39 is 0 Å². The molecule has 1 fully saturated rings. The van der Waals surface area contributed by atoms with E-state index in [1.54, 1.807) is 0 Å². The van der Waals surface area contributed by atoms with Crippen molar-refractivity contribution in [2.24, 2.45) is 5.73 Å². The van der Waals surface area contributed by atoms with Crippen molar-refractivity contribution in [3.05, 3.63) is 76.9 Å². The van der Waals surface area contributed by atoms with Gasteiger partial charge < -0.3 is 16.0 Å². The summed E-state index contributed by atoms with van der Waals surface area (Å²) < 4.78 is 0. The summed E-state index contributed by atoms with van der Waals surface area (Å²) in [6.45, 7) is 4.27. The van der Waals surface area contributed by atoms with Crippen molar-refractivity contribution in [3.63, 3.8) is 0 Å². The maximum atomic E-state index is 11.4. The number of nitrogens with two attached hydrogens (primary N) is 1. The molecule has 1 aromatic carbocycles. The summed E-state index contributed by atoms with van der Waals surface area (Å²) in [5, 5.41) is 3.29. The van der Waals surface area contributed by atoms with Crippen LogP contribution >= 0.6 is 0 Å². The number of nitrogens with zero attached hydrogens (tertiary/aromatic N) is 4. The first-order valence-electron chi connectivity index (χ1n) is 11.6. The largest absolute Gasteiger partial charge is 0.369 e. The number of benzene rings is 1. The number of aromatic nitrogens is 3. The normalized spacial score (nSPS) is 14.8. The zero-order chi connectivity index (χ0) is 23.2. The van der Waals surface area contributed by atoms with Crippen LogP contribution < -0.4 is 11.1 Å². The summed E-state index contributed by atoms with van der Waals surface area (Å²) in [7, 11) is 2.17. The average Bonchev–Trinajstić information content (AvgIpc) is 2.81. The average molecular weight is 445 g/mol. The van der Waals surface area contributed by atoms with Crippen molar-refractivity contribution in [2.75, 3.05) is 25.5 Å². The molecule has 0 unspecified atom stereocenters. The molecule has 0 aliphatic carbocycles. The Bertz CT molecular complexity index is 1090. The van der Waals surface area contributed by atoms with Gasteiger partial charge in [0.1, 0.15) is 0 Å². The lowest BCUT2D eigenvalue weighted by atomic mass is 9.93. The van der Waals surface area contributed by atoms with Crippen LogP contribution in [0, 0.1) is 6.92 Å². The molecule has 3 N–H and O–H groups in total. The minimum atomic E-state index is -0.317. The van der Waals surface area contributed by atoms with Gasteiger partial charge in [-0.1, -0.05) is 24.3 Å². The zero-order valence-corrected chi connectivity index (χ0v) is 19.4. The lowest BCUT2D eigenvalue weighted by Gasteiger charge is -2.28. The molecule has 1 aliphatic heterocycles. The van der Waals surface area contributed by atoms with Crippen LogP contribution in [0.1, 0.15) is 46.8 Å². The summed E-state index contributed by atoms with van der Waals surface area (Å²) in [4.78, 5) is 27.6. The molecule has 0 saturated carbocycles. The van der Waals surface area contributed by atoms with Crippen molar-refractivity contribution in [3.8, 4) is 0 Å². The quantitative estimate of drug-likeness (QED) is 0.552. The van der Waals surface area contributed by atoms with Gasteiger partial charge in [0.05, 0.1) is 18.3 Å². The van der Waals surface area contributed by atoms with E-state index in [2.05, 4.69) is 34.4 Å². The number of nitrogens with one attached hydrogen (secondary N) is 1. The van der Waals surface area contributed by atoms with Gasteiger partial charge in [0.15, 0.2) is 0 Å². The van der Waals surface area contributed by atoms with Crippen LogP contribution in [-0.4, -0.2) is 45.9 Å². The summed E-state index contributed by atoms with van der Waals surface area (Å²) in [6.07, 6.45) is 7.83. The highest BCUT2D eigenvalue weighted by Gasteiger charge is 2.19. The summed E-state index contributed by atoms with van der Waals surface area (Å²) >= 11 is 0. The monoisotopic (exact) mass is 444 g/mol. The van der Waals surface area contributed by atoms with Crippen molar-refractivity contribution in [1.29, 1.82) is 0 Å². The standard InChI is InChI=1S/C26H32N6O/c1-18-16-29-26(30-22-8-10-24(28-17-22)20-11-13-32(2)14-12-20)31-23(18)9-7-19-5-3-4-6-21(19)15-25(27)33/h3-6,8,10,16-17,20H,7,9,11-15H2,1-2H3,(H2,27,33)(H,29,30,31). The first-order chi connectivity index (χ1) is 16.0. The Hall–Kier alpha value is -3.32. The van der Waals surface area contributed by atoms with Crippen LogP contribution in [0.25, 0.3) is 0 Å². The van der Waals surface area contributed by atoms with E-state index in [0.717, 1.165) is 72.5 Å². The van der Waals surface area contributed by atoms with Crippen LogP contribution in [0.4, 0.5) is 11.6 Å². The van der Waals surface area contributed by atoms with Gasteiger partial charge in [-0.15, -0.1) is 0 Å². The van der Waals surface area contributed by atoms with Gasteiger partial charge in [-0.05, 0) is 81.6 Å². The highest BCUT2D eigenvalue weighted by Crippen LogP contribution is 2.27. The molecule has 2 aromatic heterocycles. The number of hydrogen-bond acceptors (Lipinski definition) is 6. The number of aryl methyl sites for hydroxylation is 3. The number of amides is 1. The Balaban J connectivity index is 1.41. The van der Waals surface area contributed by atoms with E-state index in [0.29, 0.717) is 11.9 Å². The lowest BCUT2D eigenvalue weighted by Crippen LogP contribution is -2.29. The number of carbonyl (C=O) groups is 1. The zero-order valence-electron chi connectivity index (χ0n) is 19.4. The van der Waals surface area contributed by atoms with Crippen molar-refractivity contribution >= 4 is 17.5 Å². The highest BCUT2D eigenvalue weighted by atomic mass is 16.1. The number of piperidine rings is 1. The second-order valence-electron chi connectivity index (χ2n) is 8.91. The molecule has 0 bridgehead atoms. The van der Waals surface area contributed by atoms with Gasteiger partial charge >= 0.3 is 0 Å². The molecule has 0 radical (unpaired) electrons. The van der Waals surface area contributed by atoms with Crippen molar-refractivity contribution in [2.45, 2.75) is 44.9 Å². The predicted molar refractivity (Wildman–Crippen MR) is 131 cm³/mol. The molecule has 7 heteroatoms. The first-order valence-corrected chi connectivity index (χ1v) is 11.6. The highest BCUT2D eigenvalue weighted by molar-refractivity contribution is 5.77. The number of likely N-dealkylation sites (tertiary alicyclic amines) is 1. The third-order valence-corrected chi connectivity index (χ3v) is 6.37. The minimum absolute atomic E-state index is 0.256. The van der Waals surface area contributed by atoms with Crippen molar-refractivity contribution < 1.29 is 4.79 Å². The van der Waals surface area contributed by atoms with E-state index in [4.69, 9.17) is 15.7 Å². The smallest absolute Gasteiger partial charge is 0.227 e. The Labute approximate surface area is 195 Å². The van der Waals surface area contributed by atoms with E-state index in [-0.39, 0.29) is 12.3 Å². The Morgan fingerprint density at radius 1 is 1.06 bits per heavy atom. The van der Waals surface area contributed by atoms with Crippen LogP contribution in [0.3, 0.4) is 0 Å². The number of carbonyl (C=O) groups excluding carboxylic acids is 1. The lowest BCUT2D eigenvalue weighted by molar-refractivity contribution is -0.117. The number of rotatable bonds is 8. The van der Waals surface area contributed by atoms with Gasteiger partial charge in [0.2, 0.25) is 11.9 Å². The number of hydrogen-bond donors (Lipinski definition) is 2. The third kappa shape index (κ3) is 6.14. The number of primary amides is 1. The molecule has 4 rings (SSSR count). The van der Waals surface area contributed by atoms with Gasteiger partial charge in [-0.3, -0.25) is 9.78 Å². The Morgan fingerprint density at radius 2 is 1.82 bits per heavy atom. The summed E-state index contributed by atoms with van der Waals surface area (Å²) in [5.41, 5.74) is 11.6. The predicted octanol–water partition coefficient (Wildman–Crippen LogP) is 3.55. The molecule has 7 nitrogen and oxygen atoms in total. The molecular weight excluding hydrogens is 412 g/mol. The Kier molecular flexibility index (Phi) is 7.29. The van der Waals surface area contributed by atoms with Gasteiger partial charge in [-0.2, -0.15) is 0 Å². The van der Waals surface area contributed by atoms with Crippen LogP contribution in [0.2, 0.25) is 0 Å². The second-order valence-corrected chi connectivity index (χ2v) is 8.91. The molecule has 3 heterocycles. The summed E-state index contributed by atoms with van der Waals surface area (Å²) in [6, 6.07) is 12.1. The molecule has 1 amide bonds.